The molecule has 0 amide bonds. The summed E-state index contributed by atoms with van der Waals surface area (Å²) in [6.45, 7) is 0. The second-order valence-electron chi connectivity index (χ2n) is 2.28. The molecular formula is C8H6BrClN2. The zero-order valence-electron chi connectivity index (χ0n) is 6.09. The lowest BCUT2D eigenvalue weighted by Gasteiger charge is -2.03. The molecule has 62 valence electrons. The number of hydrogen-bond acceptors (Lipinski definition) is 2. The molecule has 2 nitrogen and oxygen atoms in total. The lowest BCUT2D eigenvalue weighted by Crippen LogP contribution is -2.06. The third-order valence-electron chi connectivity index (χ3n) is 1.44. The average Bonchev–Trinajstić information content (AvgIpc) is 2.08. The Hall–Kier alpha value is -0.560. The van der Waals surface area contributed by atoms with Crippen LogP contribution in [0.25, 0.3) is 0 Å². The molecular weight excluding hydrogens is 239 g/mol. The van der Waals surface area contributed by atoms with Crippen LogP contribution < -0.4 is 5.73 Å². The van der Waals surface area contributed by atoms with Crippen molar-refractivity contribution >= 4 is 27.5 Å². The summed E-state index contributed by atoms with van der Waals surface area (Å²) < 4.78 is 0.757. The third-order valence-corrected chi connectivity index (χ3v) is 2.66. The SMILES string of the molecule is N#CC(N)c1ccc(Cl)c(Br)c1. The molecule has 0 saturated carbocycles. The maximum Gasteiger partial charge on any atom is 0.118 e. The zero-order valence-corrected chi connectivity index (χ0v) is 8.43. The highest BCUT2D eigenvalue weighted by atomic mass is 79.9. The Morgan fingerprint density at radius 3 is 2.75 bits per heavy atom. The van der Waals surface area contributed by atoms with E-state index < -0.39 is 6.04 Å². The van der Waals surface area contributed by atoms with E-state index in [1.807, 2.05) is 6.07 Å². The number of nitrogens with two attached hydrogens (primary N) is 1. The van der Waals surface area contributed by atoms with Gasteiger partial charge in [-0.25, -0.2) is 0 Å². The van der Waals surface area contributed by atoms with Crippen LogP contribution in [0.1, 0.15) is 11.6 Å². The molecule has 0 spiro atoms. The summed E-state index contributed by atoms with van der Waals surface area (Å²) in [4.78, 5) is 0. The molecule has 1 rings (SSSR count). The van der Waals surface area contributed by atoms with Crippen molar-refractivity contribution in [2.75, 3.05) is 0 Å². The monoisotopic (exact) mass is 244 g/mol. The summed E-state index contributed by atoms with van der Waals surface area (Å²) in [7, 11) is 0. The van der Waals surface area contributed by atoms with E-state index in [1.165, 1.54) is 0 Å². The molecule has 0 saturated heterocycles. The maximum absolute atomic E-state index is 8.53. The Balaban J connectivity index is 3.06. The van der Waals surface area contributed by atoms with Crippen LogP contribution in [0.5, 0.6) is 0 Å². The van der Waals surface area contributed by atoms with E-state index in [-0.39, 0.29) is 0 Å². The molecule has 0 aliphatic carbocycles. The van der Waals surface area contributed by atoms with Gasteiger partial charge in [-0.3, -0.25) is 0 Å². The molecule has 1 atom stereocenters. The van der Waals surface area contributed by atoms with Crippen LogP contribution in [0.3, 0.4) is 0 Å². The molecule has 0 aliphatic rings. The van der Waals surface area contributed by atoms with E-state index in [0.29, 0.717) is 5.02 Å². The van der Waals surface area contributed by atoms with Crippen molar-refractivity contribution in [1.29, 1.82) is 5.26 Å². The van der Waals surface area contributed by atoms with Crippen LogP contribution in [-0.2, 0) is 0 Å². The van der Waals surface area contributed by atoms with E-state index in [1.54, 1.807) is 18.2 Å². The highest BCUT2D eigenvalue weighted by Gasteiger charge is 2.05. The first-order valence-electron chi connectivity index (χ1n) is 3.25. The Kier molecular flexibility index (Phi) is 3.10. The second-order valence-corrected chi connectivity index (χ2v) is 3.54. The van der Waals surface area contributed by atoms with E-state index in [2.05, 4.69) is 15.9 Å². The summed E-state index contributed by atoms with van der Waals surface area (Å²) in [5, 5.41) is 9.14. The average molecular weight is 246 g/mol. The van der Waals surface area contributed by atoms with E-state index in [4.69, 9.17) is 22.6 Å². The number of benzene rings is 1. The number of halogens is 2. The number of nitriles is 1. The van der Waals surface area contributed by atoms with Gasteiger partial charge in [-0.15, -0.1) is 0 Å². The smallest absolute Gasteiger partial charge is 0.118 e. The first-order chi connectivity index (χ1) is 5.65. The quantitative estimate of drug-likeness (QED) is 0.827. The van der Waals surface area contributed by atoms with Crippen LogP contribution in [0.15, 0.2) is 22.7 Å². The molecule has 0 fully saturated rings. The van der Waals surface area contributed by atoms with Gasteiger partial charge in [0.25, 0.3) is 0 Å². The maximum atomic E-state index is 8.53. The minimum absolute atomic E-state index is 0.585. The predicted octanol–water partition coefficient (Wildman–Crippen LogP) is 2.63. The summed E-state index contributed by atoms with van der Waals surface area (Å²) in [6, 6.07) is 6.55. The molecule has 0 aliphatic heterocycles. The predicted molar refractivity (Wildman–Crippen MR) is 51.7 cm³/mol. The van der Waals surface area contributed by atoms with Crippen molar-refractivity contribution in [3.05, 3.63) is 33.3 Å². The molecule has 4 heteroatoms. The summed E-state index contributed by atoms with van der Waals surface area (Å²) >= 11 is 9.00. The minimum Gasteiger partial charge on any atom is -0.312 e. The van der Waals surface area contributed by atoms with Gasteiger partial charge >= 0.3 is 0 Å². The summed E-state index contributed by atoms with van der Waals surface area (Å²) in [6.07, 6.45) is 0. The lowest BCUT2D eigenvalue weighted by molar-refractivity contribution is 0.925. The van der Waals surface area contributed by atoms with Crippen LogP contribution in [-0.4, -0.2) is 0 Å². The number of nitrogens with zero attached hydrogens (tertiary/aromatic N) is 1. The van der Waals surface area contributed by atoms with Gasteiger partial charge in [-0.1, -0.05) is 17.7 Å². The van der Waals surface area contributed by atoms with Crippen LogP contribution in [0, 0.1) is 11.3 Å². The van der Waals surface area contributed by atoms with Gasteiger partial charge in [0.05, 0.1) is 11.1 Å². The Labute approximate surface area is 84.1 Å². The highest BCUT2D eigenvalue weighted by molar-refractivity contribution is 9.10. The fraction of sp³-hybridized carbons (Fsp3) is 0.125. The van der Waals surface area contributed by atoms with Gasteiger partial charge < -0.3 is 5.73 Å². The summed E-state index contributed by atoms with van der Waals surface area (Å²) in [5.41, 5.74) is 6.25. The molecule has 0 radical (unpaired) electrons. The zero-order chi connectivity index (χ0) is 9.14. The van der Waals surface area contributed by atoms with Crippen molar-refractivity contribution in [2.45, 2.75) is 6.04 Å². The molecule has 2 N–H and O–H groups in total. The minimum atomic E-state index is -0.585. The molecule has 1 aromatic carbocycles. The van der Waals surface area contributed by atoms with Gasteiger partial charge in [0.15, 0.2) is 0 Å². The van der Waals surface area contributed by atoms with Crippen LogP contribution in [0.4, 0.5) is 0 Å². The largest absolute Gasteiger partial charge is 0.312 e. The molecule has 0 aromatic heterocycles. The topological polar surface area (TPSA) is 49.8 Å². The number of hydrogen-bond donors (Lipinski definition) is 1. The van der Waals surface area contributed by atoms with E-state index in [0.717, 1.165) is 10.0 Å². The molecule has 12 heavy (non-hydrogen) atoms. The van der Waals surface area contributed by atoms with Gasteiger partial charge in [0.2, 0.25) is 0 Å². The van der Waals surface area contributed by atoms with Crippen LogP contribution >= 0.6 is 27.5 Å². The van der Waals surface area contributed by atoms with Crippen LogP contribution in [0.2, 0.25) is 5.02 Å². The van der Waals surface area contributed by atoms with Gasteiger partial charge in [0, 0.05) is 4.47 Å². The van der Waals surface area contributed by atoms with Gasteiger partial charge in [-0.2, -0.15) is 5.26 Å². The Morgan fingerprint density at radius 2 is 2.25 bits per heavy atom. The lowest BCUT2D eigenvalue weighted by atomic mass is 10.1. The first-order valence-corrected chi connectivity index (χ1v) is 4.42. The normalized spacial score (nSPS) is 12.2. The first kappa shape index (κ1) is 9.53. The van der Waals surface area contributed by atoms with Gasteiger partial charge in [0.1, 0.15) is 6.04 Å². The van der Waals surface area contributed by atoms with Crippen molar-refractivity contribution in [1.82, 2.24) is 0 Å². The fourth-order valence-corrected chi connectivity index (χ4v) is 1.29. The van der Waals surface area contributed by atoms with E-state index in [9.17, 15) is 0 Å². The highest BCUT2D eigenvalue weighted by Crippen LogP contribution is 2.25. The second kappa shape index (κ2) is 3.90. The Morgan fingerprint density at radius 1 is 1.58 bits per heavy atom. The molecule has 1 aromatic rings. The Bertz CT molecular complexity index is 332. The fourth-order valence-electron chi connectivity index (χ4n) is 0.780. The van der Waals surface area contributed by atoms with Crippen molar-refractivity contribution in [2.24, 2.45) is 5.73 Å². The molecule has 1 unspecified atom stereocenters. The molecule has 0 bridgehead atoms. The van der Waals surface area contributed by atoms with Gasteiger partial charge in [-0.05, 0) is 33.6 Å². The van der Waals surface area contributed by atoms with Crippen molar-refractivity contribution < 1.29 is 0 Å². The van der Waals surface area contributed by atoms with E-state index >= 15 is 0 Å². The summed E-state index contributed by atoms with van der Waals surface area (Å²) in [5.74, 6) is 0. The standard InChI is InChI=1S/C8H6BrClN2/c9-6-3-5(8(12)4-11)1-2-7(6)10/h1-3,8H,12H2. The van der Waals surface area contributed by atoms with Crippen molar-refractivity contribution in [3.8, 4) is 6.07 Å². The third kappa shape index (κ3) is 1.98. The number of rotatable bonds is 1. The molecule has 0 heterocycles. The van der Waals surface area contributed by atoms with Crippen molar-refractivity contribution in [3.63, 3.8) is 0 Å².